The van der Waals surface area contributed by atoms with Crippen LogP contribution in [0.1, 0.15) is 22.8 Å². The average Bonchev–Trinajstić information content (AvgIpc) is 2.37. The SMILES string of the molecule is CC(=O)c1ccc(F)c(-c2ccc(C)c(F)c2F)c1. The highest BCUT2D eigenvalue weighted by Gasteiger charge is 2.16. The second-order valence-electron chi connectivity index (χ2n) is 4.31. The zero-order valence-electron chi connectivity index (χ0n) is 10.4. The van der Waals surface area contributed by atoms with Crippen molar-refractivity contribution in [3.63, 3.8) is 0 Å². The zero-order valence-corrected chi connectivity index (χ0v) is 10.4. The molecule has 0 radical (unpaired) electrons. The topological polar surface area (TPSA) is 17.1 Å². The number of rotatable bonds is 2. The maximum Gasteiger partial charge on any atom is 0.167 e. The minimum atomic E-state index is -1.11. The number of ketones is 1. The first-order valence-electron chi connectivity index (χ1n) is 5.67. The average molecular weight is 264 g/mol. The number of hydrogen-bond acceptors (Lipinski definition) is 1. The van der Waals surface area contributed by atoms with Gasteiger partial charge in [-0.2, -0.15) is 0 Å². The molecule has 0 aliphatic carbocycles. The normalized spacial score (nSPS) is 10.6. The number of Topliss-reactive ketones (excluding diaryl/α,β-unsaturated/α-hetero) is 1. The molecular formula is C15H11F3O. The Kier molecular flexibility index (Phi) is 3.42. The van der Waals surface area contributed by atoms with Gasteiger partial charge in [0.25, 0.3) is 0 Å². The Bertz CT molecular complexity index is 663. The first-order valence-corrected chi connectivity index (χ1v) is 5.67. The maximum absolute atomic E-state index is 13.8. The van der Waals surface area contributed by atoms with Gasteiger partial charge in [-0.1, -0.05) is 12.1 Å². The molecule has 19 heavy (non-hydrogen) atoms. The van der Waals surface area contributed by atoms with E-state index in [1.165, 1.54) is 38.1 Å². The summed E-state index contributed by atoms with van der Waals surface area (Å²) < 4.78 is 41.1. The predicted molar refractivity (Wildman–Crippen MR) is 66.5 cm³/mol. The molecule has 2 aromatic rings. The van der Waals surface area contributed by atoms with E-state index >= 15 is 0 Å². The summed E-state index contributed by atoms with van der Waals surface area (Å²) in [6.45, 7) is 2.74. The summed E-state index contributed by atoms with van der Waals surface area (Å²) in [6, 6.07) is 6.28. The van der Waals surface area contributed by atoms with Gasteiger partial charge in [0.1, 0.15) is 5.82 Å². The van der Waals surface area contributed by atoms with Crippen LogP contribution in [0.4, 0.5) is 13.2 Å². The summed E-state index contributed by atoms with van der Waals surface area (Å²) in [7, 11) is 0. The van der Waals surface area contributed by atoms with Crippen LogP contribution in [0, 0.1) is 24.4 Å². The summed E-state index contributed by atoms with van der Waals surface area (Å²) in [5, 5.41) is 0. The molecule has 0 aliphatic rings. The quantitative estimate of drug-likeness (QED) is 0.740. The first-order chi connectivity index (χ1) is 8.91. The van der Waals surface area contributed by atoms with Crippen LogP contribution >= 0.6 is 0 Å². The van der Waals surface area contributed by atoms with Crippen molar-refractivity contribution >= 4 is 5.78 Å². The van der Waals surface area contributed by atoms with Gasteiger partial charge >= 0.3 is 0 Å². The number of benzene rings is 2. The van der Waals surface area contributed by atoms with Crippen LogP contribution in [-0.4, -0.2) is 5.78 Å². The number of halogens is 3. The van der Waals surface area contributed by atoms with Crippen molar-refractivity contribution in [3.8, 4) is 11.1 Å². The maximum atomic E-state index is 13.8. The van der Waals surface area contributed by atoms with E-state index in [1.54, 1.807) is 0 Å². The lowest BCUT2D eigenvalue weighted by atomic mass is 9.99. The fourth-order valence-corrected chi connectivity index (χ4v) is 1.80. The van der Waals surface area contributed by atoms with E-state index in [9.17, 15) is 18.0 Å². The van der Waals surface area contributed by atoms with Crippen LogP contribution in [0.25, 0.3) is 11.1 Å². The van der Waals surface area contributed by atoms with E-state index < -0.39 is 17.5 Å². The van der Waals surface area contributed by atoms with Crippen LogP contribution < -0.4 is 0 Å². The summed E-state index contributed by atoms with van der Waals surface area (Å²) >= 11 is 0. The van der Waals surface area contributed by atoms with E-state index in [0.29, 0.717) is 0 Å². The van der Waals surface area contributed by atoms with Crippen LogP contribution in [0.2, 0.25) is 0 Å². The van der Waals surface area contributed by atoms with Crippen molar-refractivity contribution in [2.24, 2.45) is 0 Å². The fourth-order valence-electron chi connectivity index (χ4n) is 1.80. The van der Waals surface area contributed by atoms with Gasteiger partial charge in [-0.3, -0.25) is 4.79 Å². The third-order valence-corrected chi connectivity index (χ3v) is 2.94. The molecule has 4 heteroatoms. The third-order valence-electron chi connectivity index (χ3n) is 2.94. The van der Waals surface area contributed by atoms with E-state index in [1.807, 2.05) is 0 Å². The van der Waals surface area contributed by atoms with E-state index in [4.69, 9.17) is 0 Å². The predicted octanol–water partition coefficient (Wildman–Crippen LogP) is 4.28. The fraction of sp³-hybridized carbons (Fsp3) is 0.133. The summed E-state index contributed by atoms with van der Waals surface area (Å²) in [5.41, 5.74) is 0.0777. The Hall–Kier alpha value is -2.10. The number of carbonyl (C=O) groups is 1. The highest BCUT2D eigenvalue weighted by molar-refractivity contribution is 5.95. The minimum Gasteiger partial charge on any atom is -0.295 e. The van der Waals surface area contributed by atoms with Crippen molar-refractivity contribution in [1.82, 2.24) is 0 Å². The smallest absolute Gasteiger partial charge is 0.167 e. The lowest BCUT2D eigenvalue weighted by Crippen LogP contribution is -1.98. The number of aryl methyl sites for hydroxylation is 1. The Morgan fingerprint density at radius 2 is 1.63 bits per heavy atom. The molecule has 2 aromatic carbocycles. The summed E-state index contributed by atoms with van der Waals surface area (Å²) in [6.07, 6.45) is 0. The van der Waals surface area contributed by atoms with Crippen molar-refractivity contribution < 1.29 is 18.0 Å². The molecule has 0 fully saturated rings. The third kappa shape index (κ3) is 2.38. The van der Waals surface area contributed by atoms with Gasteiger partial charge in [-0.25, -0.2) is 13.2 Å². The van der Waals surface area contributed by atoms with Crippen LogP contribution in [0.5, 0.6) is 0 Å². The van der Waals surface area contributed by atoms with Gasteiger partial charge in [0.05, 0.1) is 0 Å². The van der Waals surface area contributed by atoms with Gasteiger partial charge in [0.2, 0.25) is 0 Å². The molecule has 0 unspecified atom stereocenters. The Morgan fingerprint density at radius 1 is 0.947 bits per heavy atom. The Labute approximate surface area is 108 Å². The molecule has 0 heterocycles. The standard InChI is InChI=1S/C15H11F3O/c1-8-3-5-11(15(18)14(8)17)12-7-10(9(2)19)4-6-13(12)16/h3-7H,1-2H3. The molecule has 0 saturated carbocycles. The molecule has 0 saturated heterocycles. The Balaban J connectivity index is 2.68. The molecule has 0 aromatic heterocycles. The highest BCUT2D eigenvalue weighted by atomic mass is 19.2. The van der Waals surface area contributed by atoms with E-state index in [2.05, 4.69) is 0 Å². The largest absolute Gasteiger partial charge is 0.295 e. The van der Waals surface area contributed by atoms with Crippen molar-refractivity contribution in [1.29, 1.82) is 0 Å². The van der Waals surface area contributed by atoms with Gasteiger partial charge in [0, 0.05) is 16.7 Å². The second-order valence-corrected chi connectivity index (χ2v) is 4.31. The van der Waals surface area contributed by atoms with Crippen LogP contribution in [0.3, 0.4) is 0 Å². The van der Waals surface area contributed by atoms with Crippen LogP contribution in [0.15, 0.2) is 30.3 Å². The monoisotopic (exact) mass is 264 g/mol. The molecule has 1 nitrogen and oxygen atoms in total. The minimum absolute atomic E-state index is 0.121. The van der Waals surface area contributed by atoms with E-state index in [0.717, 1.165) is 6.07 Å². The molecule has 2 rings (SSSR count). The summed E-state index contributed by atoms with van der Waals surface area (Å²) in [4.78, 5) is 11.3. The Morgan fingerprint density at radius 3 is 2.26 bits per heavy atom. The van der Waals surface area contributed by atoms with Gasteiger partial charge in [-0.15, -0.1) is 0 Å². The summed E-state index contributed by atoms with van der Waals surface area (Å²) in [5.74, 6) is -3.09. The molecule has 0 bridgehead atoms. The van der Waals surface area contributed by atoms with Crippen molar-refractivity contribution in [2.75, 3.05) is 0 Å². The van der Waals surface area contributed by atoms with Crippen molar-refractivity contribution in [3.05, 3.63) is 58.9 Å². The molecule has 0 N–H and O–H groups in total. The zero-order chi connectivity index (χ0) is 14.2. The van der Waals surface area contributed by atoms with E-state index in [-0.39, 0.29) is 28.0 Å². The molecule has 0 amide bonds. The first kappa shape index (κ1) is 13.3. The second kappa shape index (κ2) is 4.88. The van der Waals surface area contributed by atoms with Gasteiger partial charge < -0.3 is 0 Å². The van der Waals surface area contributed by atoms with Gasteiger partial charge in [0.15, 0.2) is 17.4 Å². The lowest BCUT2D eigenvalue weighted by molar-refractivity contribution is 0.101. The number of hydrogen-bond donors (Lipinski definition) is 0. The molecule has 0 atom stereocenters. The number of carbonyl (C=O) groups excluding carboxylic acids is 1. The molecule has 0 aliphatic heterocycles. The lowest BCUT2D eigenvalue weighted by Gasteiger charge is -2.08. The molecule has 0 spiro atoms. The molecular weight excluding hydrogens is 253 g/mol. The van der Waals surface area contributed by atoms with Gasteiger partial charge in [-0.05, 0) is 37.6 Å². The molecule has 98 valence electrons. The van der Waals surface area contributed by atoms with Crippen LogP contribution in [-0.2, 0) is 0 Å². The van der Waals surface area contributed by atoms with Crippen molar-refractivity contribution in [2.45, 2.75) is 13.8 Å². The highest BCUT2D eigenvalue weighted by Crippen LogP contribution is 2.29.